The van der Waals surface area contributed by atoms with E-state index in [0.717, 1.165) is 5.56 Å². The van der Waals surface area contributed by atoms with Gasteiger partial charge < -0.3 is 19.6 Å². The number of rotatable bonds is 5. The van der Waals surface area contributed by atoms with Crippen LogP contribution in [0.5, 0.6) is 11.5 Å². The number of hydrogen-bond acceptors (Lipinski definition) is 6. The summed E-state index contributed by atoms with van der Waals surface area (Å²) < 4.78 is 16.3. The van der Waals surface area contributed by atoms with Gasteiger partial charge in [-0.25, -0.2) is 0 Å². The summed E-state index contributed by atoms with van der Waals surface area (Å²) in [6.07, 6.45) is 0. The highest BCUT2D eigenvalue weighted by atomic mass is 35.5. The Bertz CT molecular complexity index is 868. The first kappa shape index (κ1) is 16.4. The van der Waals surface area contributed by atoms with E-state index in [9.17, 15) is 0 Å². The van der Waals surface area contributed by atoms with Gasteiger partial charge in [0.2, 0.25) is 5.89 Å². The number of nitrogens with zero attached hydrogens (tertiary/aromatic N) is 2. The van der Waals surface area contributed by atoms with Crippen molar-refractivity contribution >= 4 is 29.2 Å². The van der Waals surface area contributed by atoms with Gasteiger partial charge in [0.05, 0.1) is 7.11 Å². The molecule has 0 spiro atoms. The van der Waals surface area contributed by atoms with Gasteiger partial charge in [0.1, 0.15) is 6.61 Å². The lowest BCUT2D eigenvalue weighted by atomic mass is 10.2. The molecule has 1 heterocycles. The monoisotopic (exact) mass is 365 g/mol. The molecule has 24 heavy (non-hydrogen) atoms. The van der Waals surface area contributed by atoms with E-state index in [1.807, 2.05) is 6.07 Å². The second-order valence-electron chi connectivity index (χ2n) is 4.84. The second-order valence-corrected chi connectivity index (χ2v) is 5.68. The van der Waals surface area contributed by atoms with Crippen LogP contribution in [0.25, 0.3) is 11.5 Å². The standard InChI is InChI=1S/C16H13Cl2N3O3/c1-22-14-6-9(15-20-21-16(19)24-15)3-5-13(14)23-8-10-2-4-11(17)7-12(10)18/h2-7H,8H2,1H3,(H2,19,21). The molecule has 0 atom stereocenters. The minimum absolute atomic E-state index is 0.00155. The Morgan fingerprint density at radius 2 is 1.92 bits per heavy atom. The van der Waals surface area contributed by atoms with Crippen molar-refractivity contribution < 1.29 is 13.9 Å². The summed E-state index contributed by atoms with van der Waals surface area (Å²) in [7, 11) is 1.55. The van der Waals surface area contributed by atoms with E-state index >= 15 is 0 Å². The van der Waals surface area contributed by atoms with Crippen LogP contribution in [-0.2, 0) is 6.61 Å². The van der Waals surface area contributed by atoms with Crippen LogP contribution in [0, 0.1) is 0 Å². The SMILES string of the molecule is COc1cc(-c2nnc(N)o2)ccc1OCc1ccc(Cl)cc1Cl. The summed E-state index contributed by atoms with van der Waals surface area (Å²) in [5.74, 6) is 1.38. The van der Waals surface area contributed by atoms with Crippen molar-refractivity contribution in [1.82, 2.24) is 10.2 Å². The van der Waals surface area contributed by atoms with Crippen LogP contribution < -0.4 is 15.2 Å². The number of ether oxygens (including phenoxy) is 2. The fourth-order valence-corrected chi connectivity index (χ4v) is 2.53. The van der Waals surface area contributed by atoms with Crippen molar-refractivity contribution in [3.8, 4) is 23.0 Å². The molecule has 0 saturated heterocycles. The van der Waals surface area contributed by atoms with Crippen LogP contribution >= 0.6 is 23.2 Å². The summed E-state index contributed by atoms with van der Waals surface area (Å²) in [5.41, 5.74) is 6.93. The first-order valence-corrected chi connectivity index (χ1v) is 7.66. The lowest BCUT2D eigenvalue weighted by Gasteiger charge is -2.12. The predicted octanol–water partition coefficient (Wildman–Crippen LogP) is 4.21. The summed E-state index contributed by atoms with van der Waals surface area (Å²) in [6, 6.07) is 10.5. The third-order valence-corrected chi connectivity index (χ3v) is 3.84. The largest absolute Gasteiger partial charge is 0.493 e. The highest BCUT2D eigenvalue weighted by Crippen LogP contribution is 2.33. The van der Waals surface area contributed by atoms with Crippen molar-refractivity contribution in [1.29, 1.82) is 0 Å². The molecule has 3 aromatic rings. The first-order chi connectivity index (χ1) is 11.6. The van der Waals surface area contributed by atoms with E-state index in [4.69, 9.17) is 42.8 Å². The highest BCUT2D eigenvalue weighted by Gasteiger charge is 2.12. The molecule has 124 valence electrons. The van der Waals surface area contributed by atoms with Crippen molar-refractivity contribution in [2.45, 2.75) is 6.61 Å². The van der Waals surface area contributed by atoms with Gasteiger partial charge in [0.25, 0.3) is 0 Å². The van der Waals surface area contributed by atoms with Gasteiger partial charge in [-0.05, 0) is 30.3 Å². The Balaban J connectivity index is 1.80. The first-order valence-electron chi connectivity index (χ1n) is 6.91. The molecule has 0 unspecified atom stereocenters. The molecule has 0 aliphatic carbocycles. The second kappa shape index (κ2) is 6.98. The average molecular weight is 366 g/mol. The number of benzene rings is 2. The molecule has 0 amide bonds. The van der Waals surface area contributed by atoms with E-state index in [2.05, 4.69) is 10.2 Å². The number of anilines is 1. The Morgan fingerprint density at radius 1 is 1.08 bits per heavy atom. The molecule has 0 bridgehead atoms. The predicted molar refractivity (Wildman–Crippen MR) is 91.5 cm³/mol. The van der Waals surface area contributed by atoms with Crippen molar-refractivity contribution in [2.75, 3.05) is 12.8 Å². The van der Waals surface area contributed by atoms with Gasteiger partial charge in [-0.3, -0.25) is 0 Å². The zero-order chi connectivity index (χ0) is 17.1. The molecule has 6 nitrogen and oxygen atoms in total. The lowest BCUT2D eigenvalue weighted by molar-refractivity contribution is 0.284. The molecule has 0 saturated carbocycles. The Morgan fingerprint density at radius 3 is 2.58 bits per heavy atom. The molecule has 0 aliphatic rings. The maximum Gasteiger partial charge on any atom is 0.313 e. The molecule has 1 aromatic heterocycles. The fraction of sp³-hybridized carbons (Fsp3) is 0.125. The van der Waals surface area contributed by atoms with E-state index in [1.165, 1.54) is 0 Å². The zero-order valence-electron chi connectivity index (χ0n) is 12.6. The maximum atomic E-state index is 6.14. The topological polar surface area (TPSA) is 83.4 Å². The molecular formula is C16H13Cl2N3O3. The average Bonchev–Trinajstić information content (AvgIpc) is 3.00. The molecule has 0 aliphatic heterocycles. The van der Waals surface area contributed by atoms with Crippen molar-refractivity contribution in [3.63, 3.8) is 0 Å². The Kier molecular flexibility index (Phi) is 4.78. The van der Waals surface area contributed by atoms with E-state index in [-0.39, 0.29) is 12.6 Å². The highest BCUT2D eigenvalue weighted by molar-refractivity contribution is 6.35. The summed E-state index contributed by atoms with van der Waals surface area (Å²) in [5, 5.41) is 8.58. The molecule has 3 rings (SSSR count). The quantitative estimate of drug-likeness (QED) is 0.728. The summed E-state index contributed by atoms with van der Waals surface area (Å²) in [6.45, 7) is 0.277. The van der Waals surface area contributed by atoms with Gasteiger partial charge in [0, 0.05) is 21.2 Å². The molecule has 0 fully saturated rings. The van der Waals surface area contributed by atoms with Gasteiger partial charge in [0.15, 0.2) is 11.5 Å². The van der Waals surface area contributed by atoms with Crippen LogP contribution in [0.1, 0.15) is 5.56 Å². The number of nitrogen functional groups attached to an aromatic ring is 1. The molecule has 8 heteroatoms. The third-order valence-electron chi connectivity index (χ3n) is 3.25. The Hall–Kier alpha value is -2.44. The zero-order valence-corrected chi connectivity index (χ0v) is 14.1. The molecular weight excluding hydrogens is 353 g/mol. The molecule has 2 aromatic carbocycles. The Labute approximate surface area is 148 Å². The van der Waals surface area contributed by atoms with E-state index in [0.29, 0.717) is 33.0 Å². The van der Waals surface area contributed by atoms with Crippen molar-refractivity contribution in [2.24, 2.45) is 0 Å². The van der Waals surface area contributed by atoms with E-state index < -0.39 is 0 Å². The van der Waals surface area contributed by atoms with Crippen LogP contribution in [-0.4, -0.2) is 17.3 Å². The number of methoxy groups -OCH3 is 1. The number of aromatic nitrogens is 2. The number of halogens is 2. The lowest BCUT2D eigenvalue weighted by Crippen LogP contribution is -1.98. The normalized spacial score (nSPS) is 10.6. The van der Waals surface area contributed by atoms with Crippen molar-refractivity contribution in [3.05, 3.63) is 52.0 Å². The van der Waals surface area contributed by atoms with Crippen LogP contribution in [0.2, 0.25) is 10.0 Å². The van der Waals surface area contributed by atoms with Gasteiger partial charge >= 0.3 is 6.01 Å². The minimum Gasteiger partial charge on any atom is -0.493 e. The summed E-state index contributed by atoms with van der Waals surface area (Å²) >= 11 is 12.0. The molecule has 2 N–H and O–H groups in total. The van der Waals surface area contributed by atoms with Crippen LogP contribution in [0.15, 0.2) is 40.8 Å². The third kappa shape index (κ3) is 3.55. The molecule has 0 radical (unpaired) electrons. The van der Waals surface area contributed by atoms with Crippen LogP contribution in [0.4, 0.5) is 6.01 Å². The van der Waals surface area contributed by atoms with Gasteiger partial charge in [-0.2, -0.15) is 0 Å². The van der Waals surface area contributed by atoms with Gasteiger partial charge in [-0.1, -0.05) is 34.4 Å². The number of hydrogen-bond donors (Lipinski definition) is 1. The smallest absolute Gasteiger partial charge is 0.313 e. The number of nitrogens with two attached hydrogens (primary N) is 1. The summed E-state index contributed by atoms with van der Waals surface area (Å²) in [4.78, 5) is 0. The van der Waals surface area contributed by atoms with E-state index in [1.54, 1.807) is 37.4 Å². The van der Waals surface area contributed by atoms with Gasteiger partial charge in [-0.15, -0.1) is 5.10 Å². The fourth-order valence-electron chi connectivity index (χ4n) is 2.07. The minimum atomic E-state index is 0.00155. The maximum absolute atomic E-state index is 6.14. The van der Waals surface area contributed by atoms with Crippen LogP contribution in [0.3, 0.4) is 0 Å².